The summed E-state index contributed by atoms with van der Waals surface area (Å²) < 4.78 is 31.8. The number of ether oxygens (including phenoxy) is 1. The predicted octanol–water partition coefficient (Wildman–Crippen LogP) is 2.71. The van der Waals surface area contributed by atoms with Crippen LogP contribution in [0.2, 0.25) is 5.02 Å². The van der Waals surface area contributed by atoms with E-state index in [2.05, 4.69) is 0 Å². The van der Waals surface area contributed by atoms with Gasteiger partial charge in [0, 0.05) is 5.02 Å². The Balaban J connectivity index is 3.39. The third-order valence-electron chi connectivity index (χ3n) is 2.09. The molecule has 0 aliphatic rings. The number of rotatable bonds is 3. The van der Waals surface area contributed by atoms with E-state index < -0.39 is 12.5 Å². The van der Waals surface area contributed by atoms with Crippen LogP contribution in [-0.4, -0.2) is 13.7 Å². The summed E-state index contributed by atoms with van der Waals surface area (Å²) in [6, 6.07) is 2.75. The number of methoxy groups -OCH3 is 1. The molecule has 0 heterocycles. The van der Waals surface area contributed by atoms with Crippen molar-refractivity contribution in [1.82, 2.24) is 0 Å². The van der Waals surface area contributed by atoms with E-state index in [1.807, 2.05) is 0 Å². The fourth-order valence-corrected chi connectivity index (χ4v) is 1.66. The Hall–Kier alpha value is -0.870. The van der Waals surface area contributed by atoms with Crippen molar-refractivity contribution in [2.24, 2.45) is 5.73 Å². The van der Waals surface area contributed by atoms with Gasteiger partial charge in [-0.25, -0.2) is 0 Å². The maximum Gasteiger partial charge on any atom is 0.288 e. The lowest BCUT2D eigenvalue weighted by Crippen LogP contribution is -2.26. The summed E-state index contributed by atoms with van der Waals surface area (Å²) in [5.74, 6) is -2.99. The molecule has 5 heteroatoms. The van der Waals surface area contributed by atoms with Crippen molar-refractivity contribution in [3.63, 3.8) is 0 Å². The highest BCUT2D eigenvalue weighted by molar-refractivity contribution is 6.30. The van der Waals surface area contributed by atoms with Crippen LogP contribution in [0, 0.1) is 6.92 Å². The highest BCUT2D eigenvalue weighted by atomic mass is 35.5. The summed E-state index contributed by atoms with van der Waals surface area (Å²) in [5, 5.41) is 0.247. The summed E-state index contributed by atoms with van der Waals surface area (Å²) in [5.41, 5.74) is 5.31. The van der Waals surface area contributed by atoms with Gasteiger partial charge in [-0.3, -0.25) is 0 Å². The van der Waals surface area contributed by atoms with Gasteiger partial charge in [-0.1, -0.05) is 11.6 Å². The smallest absolute Gasteiger partial charge is 0.288 e. The van der Waals surface area contributed by atoms with E-state index in [0.29, 0.717) is 5.56 Å². The zero-order valence-electron chi connectivity index (χ0n) is 8.48. The first-order chi connectivity index (χ1) is 6.92. The molecule has 0 unspecified atom stereocenters. The molecule has 84 valence electrons. The molecule has 0 fully saturated rings. The van der Waals surface area contributed by atoms with Gasteiger partial charge in [0.15, 0.2) is 0 Å². The van der Waals surface area contributed by atoms with Gasteiger partial charge in [0.1, 0.15) is 5.75 Å². The van der Waals surface area contributed by atoms with Crippen LogP contribution in [0.25, 0.3) is 0 Å². The zero-order valence-corrected chi connectivity index (χ0v) is 9.24. The number of hydrogen-bond donors (Lipinski definition) is 1. The molecule has 2 nitrogen and oxygen atoms in total. The number of benzene rings is 1. The van der Waals surface area contributed by atoms with Crippen molar-refractivity contribution in [1.29, 1.82) is 0 Å². The monoisotopic (exact) mass is 235 g/mol. The summed E-state index contributed by atoms with van der Waals surface area (Å²) >= 11 is 5.71. The van der Waals surface area contributed by atoms with Crippen LogP contribution in [0.5, 0.6) is 5.75 Å². The fraction of sp³-hybridized carbons (Fsp3) is 0.400. The molecule has 0 radical (unpaired) electrons. The Morgan fingerprint density at radius 1 is 1.47 bits per heavy atom. The highest BCUT2D eigenvalue weighted by Gasteiger charge is 2.34. The molecule has 0 bridgehead atoms. The van der Waals surface area contributed by atoms with Crippen LogP contribution in [0.4, 0.5) is 8.78 Å². The Morgan fingerprint density at radius 3 is 2.53 bits per heavy atom. The molecule has 0 aliphatic heterocycles. The predicted molar refractivity (Wildman–Crippen MR) is 55.7 cm³/mol. The van der Waals surface area contributed by atoms with Gasteiger partial charge in [-0.2, -0.15) is 8.78 Å². The minimum absolute atomic E-state index is 0.134. The first-order valence-corrected chi connectivity index (χ1v) is 4.72. The average Bonchev–Trinajstić information content (AvgIpc) is 2.16. The minimum atomic E-state index is -3.12. The fourth-order valence-electron chi connectivity index (χ4n) is 1.38. The number of aryl methyl sites for hydroxylation is 1. The molecule has 0 aliphatic carbocycles. The van der Waals surface area contributed by atoms with Crippen LogP contribution in [0.1, 0.15) is 11.1 Å². The molecule has 0 spiro atoms. The topological polar surface area (TPSA) is 35.2 Å². The van der Waals surface area contributed by atoms with Crippen LogP contribution >= 0.6 is 11.6 Å². The first kappa shape index (κ1) is 12.2. The van der Waals surface area contributed by atoms with Crippen molar-refractivity contribution in [3.05, 3.63) is 28.3 Å². The van der Waals surface area contributed by atoms with Crippen LogP contribution in [0.15, 0.2) is 12.1 Å². The Morgan fingerprint density at radius 2 is 2.07 bits per heavy atom. The molecule has 0 aromatic heterocycles. The van der Waals surface area contributed by atoms with E-state index in [0.717, 1.165) is 0 Å². The molecular formula is C10H12ClF2NO. The summed E-state index contributed by atoms with van der Waals surface area (Å²) in [4.78, 5) is 0. The van der Waals surface area contributed by atoms with Gasteiger partial charge >= 0.3 is 0 Å². The standard InChI is InChI=1S/C10H12ClF2NO/c1-6-3-7(11)4-8(9(6)15-2)10(12,13)5-14/h3-4H,5,14H2,1-2H3. The van der Waals surface area contributed by atoms with E-state index in [9.17, 15) is 8.78 Å². The van der Waals surface area contributed by atoms with E-state index in [-0.39, 0.29) is 16.3 Å². The van der Waals surface area contributed by atoms with Gasteiger partial charge in [-0.15, -0.1) is 0 Å². The van der Waals surface area contributed by atoms with E-state index in [1.165, 1.54) is 13.2 Å². The van der Waals surface area contributed by atoms with Crippen molar-refractivity contribution >= 4 is 11.6 Å². The van der Waals surface area contributed by atoms with Gasteiger partial charge in [0.05, 0.1) is 19.2 Å². The molecule has 15 heavy (non-hydrogen) atoms. The van der Waals surface area contributed by atoms with E-state index >= 15 is 0 Å². The number of alkyl halides is 2. The van der Waals surface area contributed by atoms with Gasteiger partial charge in [-0.05, 0) is 24.6 Å². The quantitative estimate of drug-likeness (QED) is 0.874. The van der Waals surface area contributed by atoms with Gasteiger partial charge < -0.3 is 10.5 Å². The molecule has 1 aromatic carbocycles. The molecule has 0 atom stereocenters. The number of halogens is 3. The normalized spacial score (nSPS) is 11.6. The second-order valence-electron chi connectivity index (χ2n) is 3.21. The minimum Gasteiger partial charge on any atom is -0.496 e. The Kier molecular flexibility index (Phi) is 3.52. The summed E-state index contributed by atoms with van der Waals surface area (Å²) in [6.45, 7) is 0.879. The van der Waals surface area contributed by atoms with Gasteiger partial charge in [0.25, 0.3) is 5.92 Å². The lowest BCUT2D eigenvalue weighted by atomic mass is 10.0. The molecule has 0 saturated heterocycles. The molecule has 0 saturated carbocycles. The van der Waals surface area contributed by atoms with E-state index in [1.54, 1.807) is 13.0 Å². The SMILES string of the molecule is COc1c(C)cc(Cl)cc1C(F)(F)CN. The molecule has 2 N–H and O–H groups in total. The van der Waals surface area contributed by atoms with Crippen LogP contribution in [-0.2, 0) is 5.92 Å². The molecule has 1 rings (SSSR count). The maximum absolute atomic E-state index is 13.4. The van der Waals surface area contributed by atoms with Crippen molar-refractivity contribution in [2.45, 2.75) is 12.8 Å². The third kappa shape index (κ3) is 2.38. The first-order valence-electron chi connectivity index (χ1n) is 4.35. The number of nitrogens with two attached hydrogens (primary N) is 1. The largest absolute Gasteiger partial charge is 0.496 e. The molecule has 1 aromatic rings. The van der Waals surface area contributed by atoms with Crippen LogP contribution in [0.3, 0.4) is 0 Å². The summed E-state index contributed by atoms with van der Waals surface area (Å²) in [6.07, 6.45) is 0. The number of hydrogen-bond acceptors (Lipinski definition) is 2. The van der Waals surface area contributed by atoms with Crippen molar-refractivity contribution in [3.8, 4) is 5.75 Å². The third-order valence-corrected chi connectivity index (χ3v) is 2.31. The molecule has 0 amide bonds. The van der Waals surface area contributed by atoms with E-state index in [4.69, 9.17) is 22.1 Å². The molecular weight excluding hydrogens is 224 g/mol. The lowest BCUT2D eigenvalue weighted by molar-refractivity contribution is 0.00361. The average molecular weight is 236 g/mol. The second kappa shape index (κ2) is 4.33. The summed E-state index contributed by atoms with van der Waals surface area (Å²) in [7, 11) is 1.34. The Bertz CT molecular complexity index is 369. The second-order valence-corrected chi connectivity index (χ2v) is 3.65. The Labute approximate surface area is 92.0 Å². The van der Waals surface area contributed by atoms with Crippen LogP contribution < -0.4 is 10.5 Å². The van der Waals surface area contributed by atoms with Crippen molar-refractivity contribution < 1.29 is 13.5 Å². The zero-order chi connectivity index (χ0) is 11.6. The maximum atomic E-state index is 13.4. The lowest BCUT2D eigenvalue weighted by Gasteiger charge is -2.19. The highest BCUT2D eigenvalue weighted by Crippen LogP contribution is 2.38. The van der Waals surface area contributed by atoms with Crippen molar-refractivity contribution in [2.75, 3.05) is 13.7 Å². The van der Waals surface area contributed by atoms with Gasteiger partial charge in [0.2, 0.25) is 0 Å².